The Morgan fingerprint density at radius 1 is 1.15 bits per heavy atom. The van der Waals surface area contributed by atoms with Crippen LogP contribution in [0.4, 0.5) is 9.18 Å². The molecule has 0 bridgehead atoms. The number of nitrogens with zero attached hydrogens (tertiary/aromatic N) is 4. The van der Waals surface area contributed by atoms with Crippen LogP contribution in [0.15, 0.2) is 24.3 Å². The van der Waals surface area contributed by atoms with Gasteiger partial charge in [-0.15, -0.1) is 0 Å². The monoisotopic (exact) mass is 461 g/mol. The zero-order chi connectivity index (χ0) is 24.1. The Balaban J connectivity index is 1.79. The summed E-state index contributed by atoms with van der Waals surface area (Å²) in [5, 5.41) is 6.04. The van der Waals surface area contributed by atoms with Gasteiger partial charge in [0.05, 0.1) is 13.1 Å². The second kappa shape index (κ2) is 11.0. The van der Waals surface area contributed by atoms with E-state index in [-0.39, 0.29) is 49.2 Å². The normalized spacial score (nSPS) is 21.6. The Morgan fingerprint density at radius 2 is 1.85 bits per heavy atom. The molecule has 2 aliphatic rings. The summed E-state index contributed by atoms with van der Waals surface area (Å²) in [6, 6.07) is 5.00. The highest BCUT2D eigenvalue weighted by Gasteiger charge is 2.51. The number of unbranched alkanes of at least 4 members (excludes halogenated alkanes) is 3. The first kappa shape index (κ1) is 25.0. The molecule has 0 aliphatic carbocycles. The van der Waals surface area contributed by atoms with Crippen molar-refractivity contribution in [2.75, 3.05) is 26.7 Å². The van der Waals surface area contributed by atoms with Crippen LogP contribution in [0.3, 0.4) is 0 Å². The summed E-state index contributed by atoms with van der Waals surface area (Å²) in [6.45, 7) is 7.18. The molecule has 0 unspecified atom stereocenters. The molecular weight excluding hydrogens is 425 g/mol. The number of carbonyl (C=O) groups excluding carboxylic acids is 3. The molecule has 2 heterocycles. The number of piperazine rings is 1. The van der Waals surface area contributed by atoms with Gasteiger partial charge in [-0.25, -0.2) is 19.2 Å². The summed E-state index contributed by atoms with van der Waals surface area (Å²) in [6.07, 6.45) is 3.60. The fourth-order valence-corrected chi connectivity index (χ4v) is 4.65. The molecule has 0 radical (unpaired) electrons. The first-order valence-corrected chi connectivity index (χ1v) is 11.9. The highest BCUT2D eigenvalue weighted by atomic mass is 19.1. The van der Waals surface area contributed by atoms with E-state index in [1.54, 1.807) is 34.1 Å². The number of hydrazine groups is 1. The van der Waals surface area contributed by atoms with Crippen LogP contribution in [0.25, 0.3) is 0 Å². The molecule has 2 aliphatic heterocycles. The minimum atomic E-state index is -0.594. The number of nitrogens with one attached hydrogen (secondary N) is 1. The number of benzene rings is 1. The van der Waals surface area contributed by atoms with E-state index in [9.17, 15) is 18.8 Å². The minimum absolute atomic E-state index is 0.0213. The van der Waals surface area contributed by atoms with E-state index in [1.165, 1.54) is 12.1 Å². The van der Waals surface area contributed by atoms with Gasteiger partial charge < -0.3 is 15.1 Å². The summed E-state index contributed by atoms with van der Waals surface area (Å²) >= 11 is 0. The van der Waals surface area contributed by atoms with Gasteiger partial charge in [0.15, 0.2) is 0 Å². The predicted octanol–water partition coefficient (Wildman–Crippen LogP) is 2.80. The maximum absolute atomic E-state index is 13.3. The highest BCUT2D eigenvalue weighted by molar-refractivity contribution is 5.91. The van der Waals surface area contributed by atoms with E-state index in [4.69, 9.17) is 0 Å². The molecule has 2 atom stereocenters. The molecule has 0 aromatic heterocycles. The average molecular weight is 462 g/mol. The van der Waals surface area contributed by atoms with Crippen molar-refractivity contribution in [2.24, 2.45) is 5.92 Å². The third kappa shape index (κ3) is 5.63. The quantitative estimate of drug-likeness (QED) is 0.604. The third-order valence-corrected chi connectivity index (χ3v) is 6.35. The summed E-state index contributed by atoms with van der Waals surface area (Å²) in [7, 11) is 1.71. The molecular formula is C24H36FN5O3. The molecule has 2 fully saturated rings. The Hall–Kier alpha value is -2.68. The third-order valence-electron chi connectivity index (χ3n) is 6.35. The van der Waals surface area contributed by atoms with Gasteiger partial charge in [-0.2, -0.15) is 0 Å². The Morgan fingerprint density at radius 3 is 2.48 bits per heavy atom. The van der Waals surface area contributed by atoms with Gasteiger partial charge in [0.1, 0.15) is 18.0 Å². The standard InChI is InChI=1S/C24H36FN5O3/c1-5-6-7-8-13-28-15-20-29(22(17(2)3)23(28)32)21(31)16-27(4)30(20)24(33)26-14-18-9-11-19(25)12-10-18/h9-12,17,20,22H,5-8,13-16H2,1-4H3,(H,26,33)/t20-,22-/m0/s1. The molecule has 2 saturated heterocycles. The maximum atomic E-state index is 13.3. The number of carbonyl (C=O) groups is 3. The minimum Gasteiger partial charge on any atom is -0.337 e. The fraction of sp³-hybridized carbons (Fsp3) is 0.625. The molecule has 0 spiro atoms. The van der Waals surface area contributed by atoms with Crippen LogP contribution in [0, 0.1) is 11.7 Å². The molecule has 0 saturated carbocycles. The van der Waals surface area contributed by atoms with Crippen molar-refractivity contribution in [3.8, 4) is 0 Å². The van der Waals surface area contributed by atoms with Crippen LogP contribution in [0.1, 0.15) is 52.0 Å². The number of halogens is 1. The summed E-state index contributed by atoms with van der Waals surface area (Å²) in [5.74, 6) is -0.597. The number of hydrogen-bond acceptors (Lipinski definition) is 4. The molecule has 1 aromatic rings. The zero-order valence-electron chi connectivity index (χ0n) is 20.1. The first-order valence-electron chi connectivity index (χ1n) is 11.9. The largest absolute Gasteiger partial charge is 0.337 e. The van der Waals surface area contributed by atoms with Crippen LogP contribution in [-0.4, -0.2) is 76.6 Å². The predicted molar refractivity (Wildman–Crippen MR) is 123 cm³/mol. The van der Waals surface area contributed by atoms with E-state index in [0.29, 0.717) is 6.54 Å². The van der Waals surface area contributed by atoms with E-state index in [1.807, 2.05) is 18.7 Å². The lowest BCUT2D eigenvalue weighted by molar-refractivity contribution is -0.189. The van der Waals surface area contributed by atoms with Gasteiger partial charge in [-0.1, -0.05) is 52.2 Å². The van der Waals surface area contributed by atoms with Crippen molar-refractivity contribution in [2.45, 2.75) is 65.2 Å². The topological polar surface area (TPSA) is 76.2 Å². The lowest BCUT2D eigenvalue weighted by Gasteiger charge is -2.55. The summed E-state index contributed by atoms with van der Waals surface area (Å²) < 4.78 is 13.2. The maximum Gasteiger partial charge on any atom is 0.334 e. The molecule has 1 aromatic carbocycles. The number of likely N-dealkylation sites (N-methyl/N-ethyl adjacent to an activating group) is 1. The van der Waals surface area contributed by atoms with Crippen molar-refractivity contribution in [1.82, 2.24) is 25.1 Å². The molecule has 182 valence electrons. The van der Waals surface area contributed by atoms with Crippen LogP contribution in [0.2, 0.25) is 0 Å². The molecule has 8 nitrogen and oxygen atoms in total. The van der Waals surface area contributed by atoms with E-state index in [0.717, 1.165) is 31.2 Å². The molecule has 4 amide bonds. The van der Waals surface area contributed by atoms with Gasteiger partial charge in [-0.3, -0.25) is 9.59 Å². The number of fused-ring (bicyclic) bond motifs is 1. The van der Waals surface area contributed by atoms with Crippen molar-refractivity contribution < 1.29 is 18.8 Å². The highest BCUT2D eigenvalue weighted by Crippen LogP contribution is 2.29. The van der Waals surface area contributed by atoms with Crippen LogP contribution in [-0.2, 0) is 16.1 Å². The second-order valence-corrected chi connectivity index (χ2v) is 9.26. The molecule has 33 heavy (non-hydrogen) atoms. The lowest BCUT2D eigenvalue weighted by atomic mass is 9.96. The summed E-state index contributed by atoms with van der Waals surface area (Å²) in [5.41, 5.74) is 0.772. The number of hydrogen-bond donors (Lipinski definition) is 1. The van der Waals surface area contributed by atoms with Crippen LogP contribution >= 0.6 is 0 Å². The van der Waals surface area contributed by atoms with Crippen molar-refractivity contribution >= 4 is 17.8 Å². The smallest absolute Gasteiger partial charge is 0.334 e. The van der Waals surface area contributed by atoms with Gasteiger partial charge >= 0.3 is 6.03 Å². The second-order valence-electron chi connectivity index (χ2n) is 9.26. The van der Waals surface area contributed by atoms with E-state index in [2.05, 4.69) is 12.2 Å². The van der Waals surface area contributed by atoms with E-state index >= 15 is 0 Å². The number of rotatable bonds is 8. The molecule has 9 heteroatoms. The van der Waals surface area contributed by atoms with Gasteiger partial charge in [0.25, 0.3) is 0 Å². The van der Waals surface area contributed by atoms with Gasteiger partial charge in [0.2, 0.25) is 11.8 Å². The first-order chi connectivity index (χ1) is 15.7. The van der Waals surface area contributed by atoms with Crippen molar-refractivity contribution in [3.05, 3.63) is 35.6 Å². The van der Waals surface area contributed by atoms with Crippen molar-refractivity contribution in [3.63, 3.8) is 0 Å². The molecule has 3 rings (SSSR count). The fourth-order valence-electron chi connectivity index (χ4n) is 4.65. The SMILES string of the molecule is CCCCCCN1C[C@H]2N(C(=O)CN(C)N2C(=O)NCc2ccc(F)cc2)[C@@H](C(C)C)C1=O. The van der Waals surface area contributed by atoms with Crippen LogP contribution < -0.4 is 5.32 Å². The van der Waals surface area contributed by atoms with Crippen molar-refractivity contribution in [1.29, 1.82) is 0 Å². The van der Waals surface area contributed by atoms with E-state index < -0.39 is 12.2 Å². The lowest BCUT2D eigenvalue weighted by Crippen LogP contribution is -2.76. The van der Waals surface area contributed by atoms with Gasteiger partial charge in [-0.05, 0) is 30.0 Å². The Bertz CT molecular complexity index is 847. The average Bonchev–Trinajstić information content (AvgIpc) is 2.76. The number of amides is 4. The zero-order valence-corrected chi connectivity index (χ0v) is 20.1. The number of urea groups is 1. The van der Waals surface area contributed by atoms with Crippen LogP contribution in [0.5, 0.6) is 0 Å². The molecule has 1 N–H and O–H groups in total. The Kier molecular flexibility index (Phi) is 8.29. The van der Waals surface area contributed by atoms with Gasteiger partial charge in [0, 0.05) is 20.1 Å². The Labute approximate surface area is 195 Å². The summed E-state index contributed by atoms with van der Waals surface area (Å²) in [4.78, 5) is 43.0.